The minimum atomic E-state index is -3.52. The maximum Gasteiger partial charge on any atom is 0.262 e. The fourth-order valence-electron chi connectivity index (χ4n) is 2.81. The van der Waals surface area contributed by atoms with Crippen LogP contribution in [0.2, 0.25) is 0 Å². The molecule has 2 heterocycles. The van der Waals surface area contributed by atoms with E-state index >= 15 is 0 Å². The van der Waals surface area contributed by atoms with Crippen molar-refractivity contribution < 1.29 is 8.42 Å². The van der Waals surface area contributed by atoms with Crippen molar-refractivity contribution in [3.63, 3.8) is 0 Å². The van der Waals surface area contributed by atoms with Crippen LogP contribution in [-0.4, -0.2) is 37.3 Å². The molecule has 20 heavy (non-hydrogen) atoms. The van der Waals surface area contributed by atoms with E-state index in [1.807, 2.05) is 0 Å². The lowest BCUT2D eigenvalue weighted by Gasteiger charge is -2.34. The van der Waals surface area contributed by atoms with Crippen molar-refractivity contribution in [3.8, 4) is 0 Å². The number of nitrogens with one attached hydrogen (secondary N) is 1. The normalized spacial score (nSPS) is 20.8. The highest BCUT2D eigenvalue weighted by atomic mass is 32.2. The molecule has 1 aliphatic heterocycles. The smallest absolute Gasteiger partial charge is 0.262 e. The van der Waals surface area contributed by atoms with Gasteiger partial charge in [0.05, 0.1) is 5.69 Å². The molecule has 112 valence electrons. The number of pyridine rings is 1. The second kappa shape index (κ2) is 6.54. The van der Waals surface area contributed by atoms with E-state index in [-0.39, 0.29) is 11.1 Å². The summed E-state index contributed by atoms with van der Waals surface area (Å²) >= 11 is 0. The zero-order valence-electron chi connectivity index (χ0n) is 12.2. The van der Waals surface area contributed by atoms with Gasteiger partial charge in [-0.2, -0.15) is 4.31 Å². The first-order chi connectivity index (χ1) is 9.61. The molecule has 1 N–H and O–H groups in total. The van der Waals surface area contributed by atoms with Gasteiger partial charge in [-0.05, 0) is 31.4 Å². The van der Waals surface area contributed by atoms with Gasteiger partial charge < -0.3 is 5.32 Å². The Morgan fingerprint density at radius 2 is 2.25 bits per heavy atom. The molecule has 2 rings (SSSR count). The molecule has 1 aromatic rings. The Morgan fingerprint density at radius 3 is 2.95 bits per heavy atom. The monoisotopic (exact) mass is 297 g/mol. The summed E-state index contributed by atoms with van der Waals surface area (Å²) < 4.78 is 27.4. The standard InChI is InChI=1S/C14H23N3O2S/c1-3-7-12-8-4-5-11-17(12)20(18,19)14-13(15-2)9-6-10-16-14/h6,9-10,12,15H,3-5,7-8,11H2,1-2H3. The summed E-state index contributed by atoms with van der Waals surface area (Å²) in [6, 6.07) is 3.61. The van der Waals surface area contributed by atoms with Gasteiger partial charge in [-0.25, -0.2) is 13.4 Å². The summed E-state index contributed by atoms with van der Waals surface area (Å²) in [5.41, 5.74) is 0.563. The molecule has 0 aliphatic carbocycles. The summed E-state index contributed by atoms with van der Waals surface area (Å²) in [4.78, 5) is 4.10. The molecule has 1 saturated heterocycles. The van der Waals surface area contributed by atoms with Gasteiger partial charge >= 0.3 is 0 Å². The Kier molecular flexibility index (Phi) is 4.99. The zero-order chi connectivity index (χ0) is 14.6. The fourth-order valence-corrected chi connectivity index (χ4v) is 4.65. The SMILES string of the molecule is CCCC1CCCCN1S(=O)(=O)c1ncccc1NC. The lowest BCUT2D eigenvalue weighted by Crippen LogP contribution is -2.44. The van der Waals surface area contributed by atoms with E-state index in [0.717, 1.165) is 32.1 Å². The van der Waals surface area contributed by atoms with Gasteiger partial charge in [-0.3, -0.25) is 0 Å². The van der Waals surface area contributed by atoms with Crippen molar-refractivity contribution in [2.75, 3.05) is 18.9 Å². The first-order valence-electron chi connectivity index (χ1n) is 7.26. The molecule has 0 bridgehead atoms. The number of rotatable bonds is 5. The third-order valence-corrected chi connectivity index (χ3v) is 5.70. The van der Waals surface area contributed by atoms with Crippen LogP contribution in [0.25, 0.3) is 0 Å². The van der Waals surface area contributed by atoms with Gasteiger partial charge in [0.15, 0.2) is 5.03 Å². The van der Waals surface area contributed by atoms with Gasteiger partial charge in [0.2, 0.25) is 0 Å². The summed E-state index contributed by atoms with van der Waals surface area (Å²) in [6.07, 6.45) is 6.44. The van der Waals surface area contributed by atoms with Crippen LogP contribution >= 0.6 is 0 Å². The highest BCUT2D eigenvalue weighted by Crippen LogP contribution is 2.29. The van der Waals surface area contributed by atoms with Crippen LogP contribution in [-0.2, 0) is 10.0 Å². The van der Waals surface area contributed by atoms with Gasteiger partial charge in [-0.1, -0.05) is 19.8 Å². The molecule has 1 aromatic heterocycles. The highest BCUT2D eigenvalue weighted by molar-refractivity contribution is 7.89. The first kappa shape index (κ1) is 15.3. The number of sulfonamides is 1. The Labute approximate surface area is 121 Å². The third-order valence-electron chi connectivity index (χ3n) is 3.79. The Bertz CT molecular complexity index is 543. The average Bonchev–Trinajstić information content (AvgIpc) is 2.48. The average molecular weight is 297 g/mol. The van der Waals surface area contributed by atoms with Crippen molar-refractivity contribution in [3.05, 3.63) is 18.3 Å². The van der Waals surface area contributed by atoms with Crippen molar-refractivity contribution in [1.29, 1.82) is 0 Å². The van der Waals surface area contributed by atoms with Crippen LogP contribution in [0, 0.1) is 0 Å². The van der Waals surface area contributed by atoms with E-state index in [4.69, 9.17) is 0 Å². The lowest BCUT2D eigenvalue weighted by atomic mass is 10.0. The Balaban J connectivity index is 2.37. The predicted octanol–water partition coefficient (Wildman–Crippen LogP) is 2.47. The van der Waals surface area contributed by atoms with Gasteiger partial charge in [0.1, 0.15) is 0 Å². The molecule has 5 nitrogen and oxygen atoms in total. The minimum absolute atomic E-state index is 0.116. The van der Waals surface area contributed by atoms with Crippen LogP contribution < -0.4 is 5.32 Å². The molecular weight excluding hydrogens is 274 g/mol. The number of hydrogen-bond donors (Lipinski definition) is 1. The second-order valence-electron chi connectivity index (χ2n) is 5.16. The van der Waals surface area contributed by atoms with Crippen molar-refractivity contribution >= 4 is 15.7 Å². The quantitative estimate of drug-likeness (QED) is 0.907. The topological polar surface area (TPSA) is 62.3 Å². The van der Waals surface area contributed by atoms with E-state index in [9.17, 15) is 8.42 Å². The molecule has 0 amide bonds. The number of hydrogen-bond acceptors (Lipinski definition) is 4. The van der Waals surface area contributed by atoms with E-state index in [1.165, 1.54) is 6.20 Å². The van der Waals surface area contributed by atoms with Crippen LogP contribution in [0.15, 0.2) is 23.4 Å². The maximum atomic E-state index is 12.9. The molecule has 1 atom stereocenters. The zero-order valence-corrected chi connectivity index (χ0v) is 13.0. The molecule has 6 heteroatoms. The fraction of sp³-hybridized carbons (Fsp3) is 0.643. The number of anilines is 1. The van der Waals surface area contributed by atoms with E-state index < -0.39 is 10.0 Å². The minimum Gasteiger partial charge on any atom is -0.386 e. The third kappa shape index (κ3) is 2.96. The van der Waals surface area contributed by atoms with E-state index in [2.05, 4.69) is 17.2 Å². The van der Waals surface area contributed by atoms with Crippen molar-refractivity contribution in [2.45, 2.75) is 50.1 Å². The second-order valence-corrected chi connectivity index (χ2v) is 6.97. The maximum absolute atomic E-state index is 12.9. The summed E-state index contributed by atoms with van der Waals surface area (Å²) in [7, 11) is -1.80. The lowest BCUT2D eigenvalue weighted by molar-refractivity contribution is 0.239. The van der Waals surface area contributed by atoms with Gasteiger partial charge in [0.25, 0.3) is 10.0 Å². The Morgan fingerprint density at radius 1 is 1.45 bits per heavy atom. The van der Waals surface area contributed by atoms with Gasteiger partial charge in [-0.15, -0.1) is 0 Å². The Hall–Kier alpha value is -1.14. The van der Waals surface area contributed by atoms with E-state index in [0.29, 0.717) is 12.2 Å². The predicted molar refractivity (Wildman–Crippen MR) is 80.2 cm³/mol. The number of nitrogens with zero attached hydrogens (tertiary/aromatic N) is 2. The molecule has 1 unspecified atom stereocenters. The molecule has 1 fully saturated rings. The molecular formula is C14H23N3O2S. The molecule has 1 aliphatic rings. The molecule has 0 saturated carbocycles. The van der Waals surface area contributed by atoms with Crippen LogP contribution in [0.1, 0.15) is 39.0 Å². The number of piperidine rings is 1. The van der Waals surface area contributed by atoms with Crippen LogP contribution in [0.4, 0.5) is 5.69 Å². The number of aromatic nitrogens is 1. The van der Waals surface area contributed by atoms with Crippen LogP contribution in [0.5, 0.6) is 0 Å². The highest BCUT2D eigenvalue weighted by Gasteiger charge is 2.35. The van der Waals surface area contributed by atoms with Crippen molar-refractivity contribution in [1.82, 2.24) is 9.29 Å². The van der Waals surface area contributed by atoms with Gasteiger partial charge in [0, 0.05) is 25.8 Å². The first-order valence-corrected chi connectivity index (χ1v) is 8.70. The summed E-state index contributed by atoms with van der Waals surface area (Å²) in [5.74, 6) is 0. The largest absolute Gasteiger partial charge is 0.386 e. The molecule has 0 radical (unpaired) electrons. The molecule has 0 spiro atoms. The van der Waals surface area contributed by atoms with E-state index in [1.54, 1.807) is 23.5 Å². The summed E-state index contributed by atoms with van der Waals surface area (Å²) in [6.45, 7) is 2.70. The van der Waals surface area contributed by atoms with Crippen LogP contribution in [0.3, 0.4) is 0 Å². The summed E-state index contributed by atoms with van der Waals surface area (Å²) in [5, 5.41) is 3.06. The molecule has 0 aromatic carbocycles. The van der Waals surface area contributed by atoms with Crippen molar-refractivity contribution in [2.24, 2.45) is 0 Å².